The second kappa shape index (κ2) is 3.65. The van der Waals surface area contributed by atoms with Gasteiger partial charge < -0.3 is 15.5 Å². The minimum Gasteiger partial charge on any atom is -0.445 e. The Bertz CT molecular complexity index is 502. The van der Waals surface area contributed by atoms with Gasteiger partial charge in [-0.25, -0.2) is 4.79 Å². The average Bonchev–Trinajstić information content (AvgIpc) is 2.57. The van der Waals surface area contributed by atoms with Crippen molar-refractivity contribution in [2.75, 3.05) is 0 Å². The van der Waals surface area contributed by atoms with Crippen LogP contribution >= 0.6 is 0 Å². The zero-order valence-corrected chi connectivity index (χ0v) is 8.41. The zero-order valence-electron chi connectivity index (χ0n) is 8.41. The second-order valence-corrected chi connectivity index (χ2v) is 3.46. The molecule has 1 amide bonds. The summed E-state index contributed by atoms with van der Waals surface area (Å²) in [5.41, 5.74) is 8.08. The number of rotatable bonds is 2. The minimum atomic E-state index is -0.749. The summed E-state index contributed by atoms with van der Waals surface area (Å²) >= 11 is 0. The zero-order chi connectivity index (χ0) is 10.8. The Kier molecular flexibility index (Phi) is 2.33. The molecule has 1 heterocycles. The Hall–Kier alpha value is -1.97. The fraction of sp³-hybridized carbons (Fsp3) is 0.182. The van der Waals surface area contributed by atoms with Crippen molar-refractivity contribution >= 4 is 17.0 Å². The Morgan fingerprint density at radius 3 is 3.07 bits per heavy atom. The van der Waals surface area contributed by atoms with Crippen molar-refractivity contribution in [3.63, 3.8) is 0 Å². The van der Waals surface area contributed by atoms with Crippen molar-refractivity contribution in [3.05, 3.63) is 35.5 Å². The highest BCUT2D eigenvalue weighted by molar-refractivity contribution is 5.83. The molecule has 1 aromatic carbocycles. The van der Waals surface area contributed by atoms with Gasteiger partial charge in [0, 0.05) is 17.1 Å². The van der Waals surface area contributed by atoms with Crippen LogP contribution in [0.25, 0.3) is 10.9 Å². The van der Waals surface area contributed by atoms with Crippen LogP contribution in [0.1, 0.15) is 11.1 Å². The molecule has 0 fully saturated rings. The van der Waals surface area contributed by atoms with Crippen LogP contribution < -0.4 is 5.73 Å². The SMILES string of the molecule is Cc1c[nH]c2ccc(COC(N)=O)cc12. The van der Waals surface area contributed by atoms with Crippen LogP contribution in [-0.2, 0) is 11.3 Å². The largest absolute Gasteiger partial charge is 0.445 e. The summed E-state index contributed by atoms with van der Waals surface area (Å²) in [4.78, 5) is 13.6. The molecule has 78 valence electrons. The maximum Gasteiger partial charge on any atom is 0.404 e. The maximum atomic E-state index is 10.4. The van der Waals surface area contributed by atoms with E-state index in [9.17, 15) is 4.79 Å². The molecule has 2 rings (SSSR count). The molecule has 1 aromatic heterocycles. The number of hydrogen-bond donors (Lipinski definition) is 2. The molecule has 2 aromatic rings. The molecule has 3 N–H and O–H groups in total. The molecule has 0 unspecified atom stereocenters. The van der Waals surface area contributed by atoms with Gasteiger partial charge in [-0.15, -0.1) is 0 Å². The lowest BCUT2D eigenvalue weighted by Crippen LogP contribution is -2.12. The van der Waals surface area contributed by atoms with Gasteiger partial charge in [-0.1, -0.05) is 6.07 Å². The first kappa shape index (κ1) is 9.58. The number of carbonyl (C=O) groups is 1. The summed E-state index contributed by atoms with van der Waals surface area (Å²) in [7, 11) is 0. The lowest BCUT2D eigenvalue weighted by Gasteiger charge is -2.02. The van der Waals surface area contributed by atoms with Crippen LogP contribution in [0.3, 0.4) is 0 Å². The molecule has 0 saturated heterocycles. The van der Waals surface area contributed by atoms with E-state index in [4.69, 9.17) is 10.5 Å². The highest BCUT2D eigenvalue weighted by atomic mass is 16.5. The number of carbonyl (C=O) groups excluding carboxylic acids is 1. The highest BCUT2D eigenvalue weighted by Gasteiger charge is 2.02. The number of H-pyrrole nitrogens is 1. The third-order valence-corrected chi connectivity index (χ3v) is 2.33. The molecule has 0 aliphatic rings. The van der Waals surface area contributed by atoms with Crippen LogP contribution in [0.4, 0.5) is 4.79 Å². The second-order valence-electron chi connectivity index (χ2n) is 3.46. The van der Waals surface area contributed by atoms with Crippen LogP contribution in [-0.4, -0.2) is 11.1 Å². The summed E-state index contributed by atoms with van der Waals surface area (Å²) in [5, 5.41) is 1.14. The normalized spacial score (nSPS) is 10.5. The van der Waals surface area contributed by atoms with Gasteiger partial charge >= 0.3 is 6.09 Å². The van der Waals surface area contributed by atoms with Crippen molar-refractivity contribution in [2.24, 2.45) is 5.73 Å². The highest BCUT2D eigenvalue weighted by Crippen LogP contribution is 2.19. The summed E-state index contributed by atoms with van der Waals surface area (Å²) in [6.07, 6.45) is 1.20. The molecule has 0 spiro atoms. The van der Waals surface area contributed by atoms with Crippen LogP contribution in [0.2, 0.25) is 0 Å². The summed E-state index contributed by atoms with van der Waals surface area (Å²) in [6.45, 7) is 2.24. The Balaban J connectivity index is 2.29. The first-order valence-electron chi connectivity index (χ1n) is 4.65. The van der Waals surface area contributed by atoms with Gasteiger partial charge in [0.15, 0.2) is 0 Å². The minimum absolute atomic E-state index is 0.218. The molecule has 0 radical (unpaired) electrons. The van der Waals surface area contributed by atoms with E-state index < -0.39 is 6.09 Å². The van der Waals surface area contributed by atoms with Gasteiger partial charge in [0.2, 0.25) is 0 Å². The number of hydrogen-bond acceptors (Lipinski definition) is 2. The molecule has 4 heteroatoms. The van der Waals surface area contributed by atoms with E-state index >= 15 is 0 Å². The lowest BCUT2D eigenvalue weighted by molar-refractivity contribution is 0.150. The van der Waals surface area contributed by atoms with E-state index in [-0.39, 0.29) is 6.61 Å². The Morgan fingerprint density at radius 1 is 1.53 bits per heavy atom. The molecule has 0 bridgehead atoms. The summed E-state index contributed by atoms with van der Waals surface area (Å²) in [5.74, 6) is 0. The van der Waals surface area contributed by atoms with Crippen molar-refractivity contribution in [3.8, 4) is 0 Å². The number of aryl methyl sites for hydroxylation is 1. The molecule has 15 heavy (non-hydrogen) atoms. The van der Waals surface area contributed by atoms with Crippen LogP contribution in [0.5, 0.6) is 0 Å². The van der Waals surface area contributed by atoms with Gasteiger partial charge in [0.05, 0.1) is 0 Å². The third-order valence-electron chi connectivity index (χ3n) is 2.33. The smallest absolute Gasteiger partial charge is 0.404 e. The van der Waals surface area contributed by atoms with E-state index in [1.165, 1.54) is 5.56 Å². The Labute approximate surface area is 87.0 Å². The van der Waals surface area contributed by atoms with Gasteiger partial charge in [-0.05, 0) is 30.2 Å². The molecular weight excluding hydrogens is 192 g/mol. The number of nitrogens with two attached hydrogens (primary N) is 1. The van der Waals surface area contributed by atoms with Gasteiger partial charge in [0.1, 0.15) is 6.61 Å². The summed E-state index contributed by atoms with van der Waals surface area (Å²) in [6, 6.07) is 5.85. The van der Waals surface area contributed by atoms with Gasteiger partial charge in [-0.3, -0.25) is 0 Å². The number of aromatic amines is 1. The fourth-order valence-corrected chi connectivity index (χ4v) is 1.55. The number of ether oxygens (including phenoxy) is 1. The average molecular weight is 204 g/mol. The van der Waals surface area contributed by atoms with Gasteiger partial charge in [-0.2, -0.15) is 0 Å². The maximum absolute atomic E-state index is 10.4. The fourth-order valence-electron chi connectivity index (χ4n) is 1.55. The van der Waals surface area contributed by atoms with Crippen molar-refractivity contribution in [1.82, 2.24) is 4.98 Å². The molecule has 4 nitrogen and oxygen atoms in total. The van der Waals surface area contributed by atoms with Gasteiger partial charge in [0.25, 0.3) is 0 Å². The first-order chi connectivity index (χ1) is 7.16. The molecule has 0 saturated carbocycles. The van der Waals surface area contributed by atoms with E-state index in [1.54, 1.807) is 0 Å². The van der Waals surface area contributed by atoms with Crippen LogP contribution in [0.15, 0.2) is 24.4 Å². The molecule has 0 aliphatic carbocycles. The molecule has 0 atom stereocenters. The molecular formula is C11H12N2O2. The standard InChI is InChI=1S/C11H12N2O2/c1-7-5-13-10-3-2-8(4-9(7)10)6-15-11(12)14/h2-5,13H,6H2,1H3,(H2,12,14). The van der Waals surface area contributed by atoms with Crippen molar-refractivity contribution < 1.29 is 9.53 Å². The summed E-state index contributed by atoms with van der Waals surface area (Å²) < 4.78 is 4.72. The number of aromatic nitrogens is 1. The topological polar surface area (TPSA) is 68.1 Å². The van der Waals surface area contributed by atoms with E-state index in [0.717, 1.165) is 16.5 Å². The van der Waals surface area contributed by atoms with E-state index in [2.05, 4.69) is 4.98 Å². The number of primary amides is 1. The molecule has 0 aliphatic heterocycles. The predicted molar refractivity (Wildman–Crippen MR) is 57.4 cm³/mol. The van der Waals surface area contributed by atoms with Crippen molar-refractivity contribution in [2.45, 2.75) is 13.5 Å². The third kappa shape index (κ3) is 1.93. The van der Waals surface area contributed by atoms with E-state index in [0.29, 0.717) is 0 Å². The number of benzene rings is 1. The number of fused-ring (bicyclic) bond motifs is 1. The van der Waals surface area contributed by atoms with E-state index in [1.807, 2.05) is 31.3 Å². The van der Waals surface area contributed by atoms with Crippen molar-refractivity contribution in [1.29, 1.82) is 0 Å². The predicted octanol–water partition coefficient (Wildman–Crippen LogP) is 2.07. The number of amides is 1. The first-order valence-corrected chi connectivity index (χ1v) is 4.65. The Morgan fingerprint density at radius 2 is 2.33 bits per heavy atom. The quantitative estimate of drug-likeness (QED) is 0.786. The monoisotopic (exact) mass is 204 g/mol. The number of nitrogens with one attached hydrogen (secondary N) is 1. The van der Waals surface area contributed by atoms with Crippen LogP contribution in [0, 0.1) is 6.92 Å². The lowest BCUT2D eigenvalue weighted by atomic mass is 10.1.